The van der Waals surface area contributed by atoms with Crippen LogP contribution in [0.15, 0.2) is 79.4 Å². The number of imidazole rings is 2. The van der Waals surface area contributed by atoms with E-state index in [9.17, 15) is 9.90 Å². The summed E-state index contributed by atoms with van der Waals surface area (Å²) < 4.78 is 6.00. The van der Waals surface area contributed by atoms with Gasteiger partial charge in [-0.05, 0) is 30.7 Å². The first-order valence-electron chi connectivity index (χ1n) is 11.0. The van der Waals surface area contributed by atoms with E-state index in [0.717, 1.165) is 5.56 Å². The third-order valence-electron chi connectivity index (χ3n) is 5.39. The number of aromatic amines is 2. The van der Waals surface area contributed by atoms with Crippen molar-refractivity contribution in [3.63, 3.8) is 0 Å². The molecule has 0 aliphatic rings. The molecule has 2 aromatic carbocycles. The fraction of sp³-hybridized carbons (Fsp3) is 0.120. The molecule has 0 aliphatic heterocycles. The summed E-state index contributed by atoms with van der Waals surface area (Å²) in [6, 6.07) is 16.8. The summed E-state index contributed by atoms with van der Waals surface area (Å²) in [5.74, 6) is 0.814. The molecule has 5 rings (SSSR count). The number of hydrogen-bond acceptors (Lipinski definition) is 7. The van der Waals surface area contributed by atoms with Crippen LogP contribution < -0.4 is 15.4 Å². The number of fused-ring (bicyclic) bond motifs is 1. The minimum atomic E-state index is -1.11. The smallest absolute Gasteiger partial charge is 0.260 e. The van der Waals surface area contributed by atoms with Gasteiger partial charge in [-0.1, -0.05) is 36.4 Å². The number of pyridine rings is 1. The Hall–Kier alpha value is -4.70. The Morgan fingerprint density at radius 2 is 1.91 bits per heavy atom. The molecule has 1 unspecified atom stereocenters. The van der Waals surface area contributed by atoms with E-state index in [1.807, 2.05) is 37.3 Å². The Bertz CT molecular complexity index is 1430. The number of H-pyrrole nitrogens is 2. The highest BCUT2D eigenvalue weighted by molar-refractivity contribution is 6.11. The molecular formula is C25H23N7O3. The van der Waals surface area contributed by atoms with Crippen LogP contribution in [0.5, 0.6) is 5.75 Å². The quantitative estimate of drug-likeness (QED) is 0.215. The van der Waals surface area contributed by atoms with Crippen LogP contribution in [0.3, 0.4) is 0 Å². The van der Waals surface area contributed by atoms with E-state index in [-0.39, 0.29) is 12.0 Å². The van der Waals surface area contributed by atoms with Gasteiger partial charge in [-0.3, -0.25) is 15.1 Å². The van der Waals surface area contributed by atoms with Gasteiger partial charge in [0.1, 0.15) is 17.4 Å². The van der Waals surface area contributed by atoms with Crippen molar-refractivity contribution in [1.29, 1.82) is 0 Å². The predicted octanol–water partition coefficient (Wildman–Crippen LogP) is 4.18. The molecule has 10 heteroatoms. The summed E-state index contributed by atoms with van der Waals surface area (Å²) in [5, 5.41) is 16.4. The summed E-state index contributed by atoms with van der Waals surface area (Å²) >= 11 is 0. The molecular weight excluding hydrogens is 446 g/mol. The van der Waals surface area contributed by atoms with E-state index in [2.05, 4.69) is 35.6 Å². The molecule has 2 atom stereocenters. The third kappa shape index (κ3) is 4.97. The van der Waals surface area contributed by atoms with Crippen LogP contribution in [-0.2, 0) is 0 Å². The van der Waals surface area contributed by atoms with Gasteiger partial charge in [-0.25, -0.2) is 9.97 Å². The van der Waals surface area contributed by atoms with E-state index < -0.39 is 6.23 Å². The number of aliphatic hydroxyl groups excluding tert-OH is 1. The first-order chi connectivity index (χ1) is 17.1. The van der Waals surface area contributed by atoms with Crippen molar-refractivity contribution < 1.29 is 14.6 Å². The number of nitrogens with zero attached hydrogens (tertiary/aromatic N) is 3. The number of para-hydroxylation sites is 1. The maximum atomic E-state index is 12.7. The predicted molar refractivity (Wildman–Crippen MR) is 131 cm³/mol. The van der Waals surface area contributed by atoms with Crippen LogP contribution in [0.1, 0.15) is 40.7 Å². The van der Waals surface area contributed by atoms with E-state index in [1.54, 1.807) is 49.1 Å². The number of nitrogens with one attached hydrogen (secondary N) is 4. The number of benzene rings is 2. The van der Waals surface area contributed by atoms with Crippen LogP contribution in [0, 0.1) is 0 Å². The lowest BCUT2D eigenvalue weighted by molar-refractivity contribution is 0.102. The molecule has 176 valence electrons. The minimum absolute atomic E-state index is 0.181. The van der Waals surface area contributed by atoms with E-state index in [4.69, 9.17) is 4.74 Å². The monoisotopic (exact) mass is 469 g/mol. The average Bonchev–Trinajstić information content (AvgIpc) is 3.54. The summed E-state index contributed by atoms with van der Waals surface area (Å²) in [4.78, 5) is 31.3. The van der Waals surface area contributed by atoms with Crippen molar-refractivity contribution in [3.05, 3.63) is 96.1 Å². The number of aliphatic hydroxyl groups is 1. The molecule has 0 fully saturated rings. The molecule has 10 nitrogen and oxygen atoms in total. The van der Waals surface area contributed by atoms with Gasteiger partial charge < -0.3 is 25.1 Å². The van der Waals surface area contributed by atoms with Gasteiger partial charge >= 0.3 is 0 Å². The van der Waals surface area contributed by atoms with Crippen LogP contribution in [0.25, 0.3) is 11.0 Å². The van der Waals surface area contributed by atoms with Gasteiger partial charge in [-0.2, -0.15) is 0 Å². The van der Waals surface area contributed by atoms with Crippen LogP contribution in [0.2, 0.25) is 0 Å². The van der Waals surface area contributed by atoms with Gasteiger partial charge in [0.15, 0.2) is 6.23 Å². The van der Waals surface area contributed by atoms with Gasteiger partial charge in [-0.15, -0.1) is 0 Å². The number of anilines is 2. The van der Waals surface area contributed by atoms with Crippen LogP contribution >= 0.6 is 0 Å². The lowest BCUT2D eigenvalue weighted by Gasteiger charge is -2.17. The molecule has 0 saturated carbocycles. The molecule has 3 aromatic heterocycles. The summed E-state index contributed by atoms with van der Waals surface area (Å²) in [6.45, 7) is 1.95. The Labute approximate surface area is 200 Å². The second-order valence-corrected chi connectivity index (χ2v) is 7.85. The van der Waals surface area contributed by atoms with E-state index >= 15 is 0 Å². The fourth-order valence-corrected chi connectivity index (χ4v) is 3.65. The second-order valence-electron chi connectivity index (χ2n) is 7.85. The highest BCUT2D eigenvalue weighted by Gasteiger charge is 2.17. The molecule has 5 aromatic rings. The molecule has 0 bridgehead atoms. The van der Waals surface area contributed by atoms with Crippen LogP contribution in [0.4, 0.5) is 11.9 Å². The molecule has 0 radical (unpaired) electrons. The van der Waals surface area contributed by atoms with Crippen molar-refractivity contribution in [3.8, 4) is 5.75 Å². The maximum Gasteiger partial charge on any atom is 0.260 e. The lowest BCUT2D eigenvalue weighted by atomic mass is 10.1. The van der Waals surface area contributed by atoms with E-state index in [0.29, 0.717) is 39.8 Å². The molecule has 0 spiro atoms. The van der Waals surface area contributed by atoms with Crippen molar-refractivity contribution in [2.24, 2.45) is 0 Å². The highest BCUT2D eigenvalue weighted by Crippen LogP contribution is 2.25. The molecule has 0 aliphatic carbocycles. The first-order valence-corrected chi connectivity index (χ1v) is 11.0. The van der Waals surface area contributed by atoms with Gasteiger partial charge in [0.2, 0.25) is 11.9 Å². The summed E-state index contributed by atoms with van der Waals surface area (Å²) in [7, 11) is 0. The SMILES string of the molecule is C[C@@H](Oc1cncc(C(O)Nc2nc3c(C(=O)Nc4ncc[nH]4)cccc3[nH]2)c1)c1ccccc1. The Morgan fingerprint density at radius 3 is 2.71 bits per heavy atom. The van der Waals surface area contributed by atoms with Gasteiger partial charge in [0.25, 0.3) is 5.91 Å². The molecule has 35 heavy (non-hydrogen) atoms. The second kappa shape index (κ2) is 9.65. The zero-order valence-electron chi connectivity index (χ0n) is 18.8. The number of rotatable bonds is 8. The maximum absolute atomic E-state index is 12.7. The lowest BCUT2D eigenvalue weighted by Crippen LogP contribution is -2.13. The number of ether oxygens (including phenoxy) is 1. The Morgan fingerprint density at radius 1 is 1.06 bits per heavy atom. The molecule has 3 heterocycles. The number of carbonyl (C=O) groups excluding carboxylic acids is 1. The third-order valence-corrected chi connectivity index (χ3v) is 5.39. The minimum Gasteiger partial charge on any atom is -0.484 e. The standard InChI is InChI=1S/C25H23N7O3/c1-15(16-6-3-2-4-7-16)35-18-12-17(13-26-14-18)22(33)31-25-29-20-9-5-8-19(21(20)30-25)23(34)32-24-27-10-11-28-24/h2-15,22,33H,1H3,(H2,29,30,31)(H2,27,28,32,34)/t15-,22?/m1/s1. The zero-order valence-corrected chi connectivity index (χ0v) is 18.8. The van der Waals surface area contributed by atoms with Gasteiger partial charge in [0, 0.05) is 24.2 Å². The van der Waals surface area contributed by atoms with Crippen molar-refractivity contribution in [1.82, 2.24) is 24.9 Å². The number of carbonyl (C=O) groups is 1. The molecule has 0 saturated heterocycles. The number of aromatic nitrogens is 5. The average molecular weight is 470 g/mol. The van der Waals surface area contributed by atoms with Gasteiger partial charge in [0.05, 0.1) is 17.3 Å². The molecule has 1 amide bonds. The normalized spacial score (nSPS) is 12.7. The number of hydrogen-bond donors (Lipinski definition) is 5. The summed E-state index contributed by atoms with van der Waals surface area (Å²) in [6.07, 6.45) is 5.01. The van der Waals surface area contributed by atoms with Crippen molar-refractivity contribution in [2.45, 2.75) is 19.3 Å². The van der Waals surface area contributed by atoms with Crippen molar-refractivity contribution in [2.75, 3.05) is 10.6 Å². The molecule has 5 N–H and O–H groups in total. The highest BCUT2D eigenvalue weighted by atomic mass is 16.5. The van der Waals surface area contributed by atoms with E-state index in [1.165, 1.54) is 0 Å². The zero-order chi connectivity index (χ0) is 24.2. The van der Waals surface area contributed by atoms with Crippen molar-refractivity contribution >= 4 is 28.8 Å². The Kier molecular flexibility index (Phi) is 6.10. The topological polar surface area (TPSA) is 141 Å². The number of amides is 1. The largest absolute Gasteiger partial charge is 0.484 e. The Balaban J connectivity index is 1.31. The first kappa shape index (κ1) is 22.1. The fourth-order valence-electron chi connectivity index (χ4n) is 3.65. The van der Waals surface area contributed by atoms with Crippen LogP contribution in [-0.4, -0.2) is 35.9 Å². The summed E-state index contributed by atoms with van der Waals surface area (Å²) in [5.41, 5.74) is 2.99.